The van der Waals surface area contributed by atoms with Crippen molar-refractivity contribution in [3.63, 3.8) is 0 Å². The lowest BCUT2D eigenvalue weighted by molar-refractivity contribution is 0.0319. The van der Waals surface area contributed by atoms with E-state index in [-0.39, 0.29) is 17.5 Å². The zero-order chi connectivity index (χ0) is 17.5. The maximum absolute atomic E-state index is 12.3. The van der Waals surface area contributed by atoms with E-state index >= 15 is 0 Å². The monoisotopic (exact) mass is 315 g/mol. The van der Waals surface area contributed by atoms with E-state index in [0.29, 0.717) is 11.3 Å². The Morgan fingerprint density at radius 2 is 1.96 bits per heavy atom. The first-order valence-electron chi connectivity index (χ1n) is 8.52. The third-order valence-electron chi connectivity index (χ3n) is 3.93. The second-order valence-corrected chi connectivity index (χ2v) is 7.16. The molecule has 0 aliphatic heterocycles. The zero-order valence-electron chi connectivity index (χ0n) is 15.1. The minimum absolute atomic E-state index is 0.0713. The van der Waals surface area contributed by atoms with Crippen LogP contribution in [0.1, 0.15) is 82.6 Å². The van der Waals surface area contributed by atoms with Crippen LogP contribution in [0.15, 0.2) is 18.2 Å². The Morgan fingerprint density at radius 1 is 1.26 bits per heavy atom. The molecule has 0 aliphatic rings. The molecule has 1 aromatic carbocycles. The number of unbranched alkanes of at least 4 members (excludes halogenated alkanes) is 3. The molecule has 0 aliphatic carbocycles. The van der Waals surface area contributed by atoms with Gasteiger partial charge in [0.15, 0.2) is 5.69 Å². The molecular weight excluding hydrogens is 286 g/mol. The molecule has 0 N–H and O–H groups in total. The van der Waals surface area contributed by atoms with Gasteiger partial charge in [-0.15, -0.1) is 0 Å². The first-order chi connectivity index (χ1) is 10.8. The molecule has 1 rings (SSSR count). The highest BCUT2D eigenvalue weighted by Crippen LogP contribution is 2.32. The van der Waals surface area contributed by atoms with E-state index in [1.807, 2.05) is 27.7 Å². The highest BCUT2D eigenvalue weighted by atomic mass is 16.5. The van der Waals surface area contributed by atoms with Gasteiger partial charge >= 0.3 is 5.97 Å². The minimum Gasteiger partial charge on any atom is -0.459 e. The highest BCUT2D eigenvalue weighted by Gasteiger charge is 2.21. The molecule has 0 aromatic heterocycles. The Hall–Kier alpha value is -1.82. The quantitative estimate of drug-likeness (QED) is 0.348. The Labute approximate surface area is 140 Å². The number of hydrogen-bond donors (Lipinski definition) is 0. The van der Waals surface area contributed by atoms with Crippen molar-refractivity contribution in [2.24, 2.45) is 0 Å². The van der Waals surface area contributed by atoms with Gasteiger partial charge in [-0.3, -0.25) is 0 Å². The normalized spacial score (nSPS) is 12.5. The van der Waals surface area contributed by atoms with Crippen LogP contribution in [0.25, 0.3) is 4.85 Å². The first-order valence-corrected chi connectivity index (χ1v) is 8.52. The summed E-state index contributed by atoms with van der Waals surface area (Å²) in [7, 11) is 0. The van der Waals surface area contributed by atoms with Crippen molar-refractivity contribution in [1.82, 2.24) is 0 Å². The summed E-state index contributed by atoms with van der Waals surface area (Å²) in [4.78, 5) is 15.9. The number of ether oxygens (including phenoxy) is 1. The smallest absolute Gasteiger partial charge is 0.338 e. The molecule has 0 bridgehead atoms. The van der Waals surface area contributed by atoms with Crippen molar-refractivity contribution in [3.05, 3.63) is 40.7 Å². The van der Waals surface area contributed by atoms with Gasteiger partial charge in [0.1, 0.15) is 0 Å². The van der Waals surface area contributed by atoms with Crippen LogP contribution < -0.4 is 0 Å². The minimum atomic E-state index is -0.296. The Morgan fingerprint density at radius 3 is 2.52 bits per heavy atom. The van der Waals surface area contributed by atoms with Gasteiger partial charge in [0.25, 0.3) is 0 Å². The number of carbonyl (C=O) groups excluding carboxylic acids is 1. The summed E-state index contributed by atoms with van der Waals surface area (Å²) in [5.41, 5.74) is 1.84. The van der Waals surface area contributed by atoms with E-state index < -0.39 is 0 Å². The summed E-state index contributed by atoms with van der Waals surface area (Å²) in [6.07, 6.45) is 5.54. The maximum atomic E-state index is 12.3. The molecule has 0 unspecified atom stereocenters. The molecule has 126 valence electrons. The van der Waals surface area contributed by atoms with E-state index in [2.05, 4.69) is 11.8 Å². The molecule has 1 aromatic rings. The summed E-state index contributed by atoms with van der Waals surface area (Å²) < 4.78 is 5.54. The number of nitrogens with zero attached hydrogens (tertiary/aromatic N) is 1. The molecule has 3 nitrogen and oxygen atoms in total. The molecule has 3 heteroatoms. The van der Waals surface area contributed by atoms with Crippen molar-refractivity contribution in [3.8, 4) is 0 Å². The van der Waals surface area contributed by atoms with E-state index in [1.54, 1.807) is 18.2 Å². The van der Waals surface area contributed by atoms with Crippen molar-refractivity contribution in [2.75, 3.05) is 0 Å². The largest absolute Gasteiger partial charge is 0.459 e. The Kier molecular flexibility index (Phi) is 7.29. The lowest BCUT2D eigenvalue weighted by Crippen LogP contribution is -2.17. The molecular formula is C20H29NO2. The van der Waals surface area contributed by atoms with Crippen LogP contribution in [0.2, 0.25) is 0 Å². The second kappa shape index (κ2) is 8.72. The van der Waals surface area contributed by atoms with Crippen molar-refractivity contribution >= 4 is 11.7 Å². The van der Waals surface area contributed by atoms with Crippen molar-refractivity contribution in [1.29, 1.82) is 0 Å². The van der Waals surface area contributed by atoms with Gasteiger partial charge in [-0.05, 0) is 30.7 Å². The molecule has 23 heavy (non-hydrogen) atoms. The average Bonchev–Trinajstić information content (AvgIpc) is 2.50. The molecule has 0 heterocycles. The lowest BCUT2D eigenvalue weighted by Gasteiger charge is -2.22. The van der Waals surface area contributed by atoms with Gasteiger partial charge in [0.05, 0.1) is 18.2 Å². The third kappa shape index (κ3) is 6.06. The Balaban J connectivity index is 2.75. The van der Waals surface area contributed by atoms with Crippen molar-refractivity contribution < 1.29 is 9.53 Å². The van der Waals surface area contributed by atoms with E-state index in [1.165, 1.54) is 19.3 Å². The molecule has 0 saturated heterocycles. The van der Waals surface area contributed by atoms with E-state index in [0.717, 1.165) is 18.4 Å². The number of esters is 1. The number of hydrogen-bond acceptors (Lipinski definition) is 2. The van der Waals surface area contributed by atoms with Gasteiger partial charge < -0.3 is 4.74 Å². The topological polar surface area (TPSA) is 30.7 Å². The maximum Gasteiger partial charge on any atom is 0.338 e. The van der Waals surface area contributed by atoms with Gasteiger partial charge in [0.2, 0.25) is 0 Å². The van der Waals surface area contributed by atoms with Crippen LogP contribution in [0, 0.1) is 6.57 Å². The van der Waals surface area contributed by atoms with Crippen LogP contribution >= 0.6 is 0 Å². The predicted molar refractivity (Wildman–Crippen MR) is 95.0 cm³/mol. The lowest BCUT2D eigenvalue weighted by atomic mass is 9.85. The molecule has 0 radical (unpaired) electrons. The molecule has 0 fully saturated rings. The average molecular weight is 315 g/mol. The van der Waals surface area contributed by atoms with Gasteiger partial charge in [-0.25, -0.2) is 9.64 Å². The Bertz CT molecular complexity index is 564. The molecule has 0 spiro atoms. The van der Waals surface area contributed by atoms with Crippen LogP contribution in [-0.4, -0.2) is 12.1 Å². The summed E-state index contributed by atoms with van der Waals surface area (Å²) >= 11 is 0. The number of benzene rings is 1. The standard InChI is InChI=1S/C20H29NO2/c1-7-8-9-10-11-15(2)23-19(22)16-12-13-18(21-6)17(14-16)20(3,4)5/h12-15H,7-11H2,1-5H3/t15-/m1/s1. The van der Waals surface area contributed by atoms with Crippen LogP contribution in [-0.2, 0) is 10.2 Å². The SMILES string of the molecule is [C-]#[N+]c1ccc(C(=O)O[C@H](C)CCCCCC)cc1C(C)(C)C. The predicted octanol–water partition coefficient (Wildman–Crippen LogP) is 6.05. The fourth-order valence-electron chi connectivity index (χ4n) is 2.53. The van der Waals surface area contributed by atoms with Gasteiger partial charge in [-0.1, -0.05) is 65.2 Å². The highest BCUT2D eigenvalue weighted by molar-refractivity contribution is 5.90. The van der Waals surface area contributed by atoms with Crippen molar-refractivity contribution in [2.45, 2.75) is 78.2 Å². The van der Waals surface area contributed by atoms with Crippen LogP contribution in [0.3, 0.4) is 0 Å². The molecule has 0 saturated carbocycles. The number of carbonyl (C=O) groups is 1. The first kappa shape index (κ1) is 19.2. The van der Waals surface area contributed by atoms with E-state index in [4.69, 9.17) is 11.3 Å². The fraction of sp³-hybridized carbons (Fsp3) is 0.600. The fourth-order valence-corrected chi connectivity index (χ4v) is 2.53. The summed E-state index contributed by atoms with van der Waals surface area (Å²) in [5.74, 6) is -0.296. The van der Waals surface area contributed by atoms with E-state index in [9.17, 15) is 4.79 Å². The zero-order valence-corrected chi connectivity index (χ0v) is 15.1. The van der Waals surface area contributed by atoms with Crippen LogP contribution in [0.5, 0.6) is 0 Å². The van der Waals surface area contributed by atoms with Crippen LogP contribution in [0.4, 0.5) is 5.69 Å². The second-order valence-electron chi connectivity index (χ2n) is 7.16. The summed E-state index contributed by atoms with van der Waals surface area (Å²) in [6.45, 7) is 17.5. The summed E-state index contributed by atoms with van der Waals surface area (Å²) in [5, 5.41) is 0. The number of rotatable bonds is 7. The molecule has 0 amide bonds. The van der Waals surface area contributed by atoms with Gasteiger partial charge in [-0.2, -0.15) is 0 Å². The van der Waals surface area contributed by atoms with Gasteiger partial charge in [0, 0.05) is 0 Å². The molecule has 1 atom stereocenters. The third-order valence-corrected chi connectivity index (χ3v) is 3.93. The summed E-state index contributed by atoms with van der Waals surface area (Å²) in [6, 6.07) is 5.21.